The van der Waals surface area contributed by atoms with Gasteiger partial charge in [-0.25, -0.2) is 0 Å². The third kappa shape index (κ3) is 1.77. The summed E-state index contributed by atoms with van der Waals surface area (Å²) in [5.74, 6) is 1.64. The van der Waals surface area contributed by atoms with E-state index in [0.717, 1.165) is 22.7 Å². The standard InChI is InChI=1S/C18H17NO2/c1-11-18(2,3)14-8-12(4-6-15(14)19-11)13-5-7-16-17(9-13)21-10-20-16/h4-9H,10H2,1-3H3. The molecule has 0 radical (unpaired) electrons. The molecule has 21 heavy (non-hydrogen) atoms. The number of hydrogen-bond donors (Lipinski definition) is 0. The van der Waals surface area contributed by atoms with Gasteiger partial charge in [0.1, 0.15) is 0 Å². The maximum atomic E-state index is 5.47. The molecule has 0 bridgehead atoms. The summed E-state index contributed by atoms with van der Waals surface area (Å²) in [5, 5.41) is 0. The Morgan fingerprint density at radius 1 is 0.952 bits per heavy atom. The van der Waals surface area contributed by atoms with Crippen molar-refractivity contribution >= 4 is 11.4 Å². The molecule has 3 heteroatoms. The molecule has 3 nitrogen and oxygen atoms in total. The van der Waals surface area contributed by atoms with E-state index in [1.165, 1.54) is 16.8 Å². The number of hydrogen-bond acceptors (Lipinski definition) is 3. The van der Waals surface area contributed by atoms with Crippen LogP contribution in [0.15, 0.2) is 41.4 Å². The topological polar surface area (TPSA) is 30.8 Å². The molecule has 0 N–H and O–H groups in total. The Bertz CT molecular complexity index is 775. The molecule has 0 aliphatic carbocycles. The van der Waals surface area contributed by atoms with Crippen LogP contribution in [0.4, 0.5) is 5.69 Å². The van der Waals surface area contributed by atoms with Crippen molar-refractivity contribution in [3.05, 3.63) is 42.0 Å². The molecule has 4 rings (SSSR count). The average molecular weight is 279 g/mol. The molecule has 2 aliphatic rings. The van der Waals surface area contributed by atoms with Crippen molar-refractivity contribution in [1.82, 2.24) is 0 Å². The second-order valence-corrected chi connectivity index (χ2v) is 6.12. The van der Waals surface area contributed by atoms with Gasteiger partial charge in [-0.1, -0.05) is 26.0 Å². The van der Waals surface area contributed by atoms with Crippen LogP contribution in [0.25, 0.3) is 11.1 Å². The second kappa shape index (κ2) is 4.10. The number of rotatable bonds is 1. The molecule has 0 atom stereocenters. The maximum absolute atomic E-state index is 5.47. The molecular weight excluding hydrogens is 262 g/mol. The number of benzene rings is 2. The van der Waals surface area contributed by atoms with Crippen molar-refractivity contribution in [3.63, 3.8) is 0 Å². The number of ether oxygens (including phenoxy) is 2. The van der Waals surface area contributed by atoms with E-state index in [0.29, 0.717) is 6.79 Å². The van der Waals surface area contributed by atoms with Gasteiger partial charge in [0, 0.05) is 11.1 Å². The van der Waals surface area contributed by atoms with Gasteiger partial charge in [-0.2, -0.15) is 0 Å². The molecule has 0 saturated heterocycles. The predicted octanol–water partition coefficient (Wildman–Crippen LogP) is 4.47. The first-order valence-corrected chi connectivity index (χ1v) is 7.16. The third-order valence-electron chi connectivity index (χ3n) is 4.57. The smallest absolute Gasteiger partial charge is 0.231 e. The summed E-state index contributed by atoms with van der Waals surface area (Å²) >= 11 is 0. The molecule has 0 amide bonds. The molecule has 2 aliphatic heterocycles. The fourth-order valence-electron chi connectivity index (χ4n) is 2.91. The number of nitrogens with zero attached hydrogens (tertiary/aromatic N) is 1. The Balaban J connectivity index is 1.81. The van der Waals surface area contributed by atoms with E-state index in [-0.39, 0.29) is 5.41 Å². The van der Waals surface area contributed by atoms with E-state index < -0.39 is 0 Å². The Morgan fingerprint density at radius 2 is 1.67 bits per heavy atom. The largest absolute Gasteiger partial charge is 0.454 e. The van der Waals surface area contributed by atoms with E-state index in [1.807, 2.05) is 12.1 Å². The maximum Gasteiger partial charge on any atom is 0.231 e. The van der Waals surface area contributed by atoms with Gasteiger partial charge in [0.25, 0.3) is 0 Å². The van der Waals surface area contributed by atoms with Crippen LogP contribution in [0.2, 0.25) is 0 Å². The summed E-state index contributed by atoms with van der Waals surface area (Å²) in [5.41, 5.74) is 5.87. The molecule has 0 saturated carbocycles. The average Bonchev–Trinajstić information content (AvgIpc) is 3.02. The van der Waals surface area contributed by atoms with E-state index in [2.05, 4.69) is 50.0 Å². The lowest BCUT2D eigenvalue weighted by Gasteiger charge is -2.20. The molecule has 0 aromatic heterocycles. The van der Waals surface area contributed by atoms with Crippen LogP contribution in [0.5, 0.6) is 11.5 Å². The van der Waals surface area contributed by atoms with Gasteiger partial charge in [-0.15, -0.1) is 0 Å². The zero-order valence-corrected chi connectivity index (χ0v) is 12.4. The molecule has 0 spiro atoms. The highest BCUT2D eigenvalue weighted by Crippen LogP contribution is 2.43. The highest BCUT2D eigenvalue weighted by molar-refractivity contribution is 6.00. The van der Waals surface area contributed by atoms with Gasteiger partial charge in [0.15, 0.2) is 11.5 Å². The van der Waals surface area contributed by atoms with Crippen LogP contribution in [-0.2, 0) is 5.41 Å². The van der Waals surface area contributed by atoms with Crippen molar-refractivity contribution < 1.29 is 9.47 Å². The normalized spacial score (nSPS) is 17.6. The predicted molar refractivity (Wildman–Crippen MR) is 83.8 cm³/mol. The van der Waals surface area contributed by atoms with E-state index in [4.69, 9.17) is 9.47 Å². The first-order valence-electron chi connectivity index (χ1n) is 7.16. The Labute approximate surface area is 124 Å². The van der Waals surface area contributed by atoms with Crippen molar-refractivity contribution in [1.29, 1.82) is 0 Å². The quantitative estimate of drug-likeness (QED) is 0.771. The first-order chi connectivity index (χ1) is 10.1. The summed E-state index contributed by atoms with van der Waals surface area (Å²) in [4.78, 5) is 4.67. The van der Waals surface area contributed by atoms with Crippen molar-refractivity contribution in [2.45, 2.75) is 26.2 Å². The highest BCUT2D eigenvalue weighted by atomic mass is 16.7. The SMILES string of the molecule is CC1=Nc2ccc(-c3ccc4c(c3)OCO4)cc2C1(C)C. The lowest BCUT2D eigenvalue weighted by molar-refractivity contribution is 0.174. The van der Waals surface area contributed by atoms with Gasteiger partial charge in [0.2, 0.25) is 6.79 Å². The van der Waals surface area contributed by atoms with E-state index in [9.17, 15) is 0 Å². The van der Waals surface area contributed by atoms with Crippen molar-refractivity contribution in [2.75, 3.05) is 6.79 Å². The van der Waals surface area contributed by atoms with E-state index in [1.54, 1.807) is 0 Å². The summed E-state index contributed by atoms with van der Waals surface area (Å²) in [7, 11) is 0. The summed E-state index contributed by atoms with van der Waals surface area (Å²) in [6.45, 7) is 6.85. The van der Waals surface area contributed by atoms with Crippen LogP contribution < -0.4 is 9.47 Å². The van der Waals surface area contributed by atoms with Gasteiger partial charge >= 0.3 is 0 Å². The molecule has 0 unspecified atom stereocenters. The zero-order valence-electron chi connectivity index (χ0n) is 12.4. The van der Waals surface area contributed by atoms with Crippen LogP contribution in [0.1, 0.15) is 26.3 Å². The summed E-state index contributed by atoms with van der Waals surface area (Å²) < 4.78 is 10.8. The van der Waals surface area contributed by atoms with Crippen LogP contribution in [0.3, 0.4) is 0 Å². The molecule has 2 aromatic carbocycles. The van der Waals surface area contributed by atoms with E-state index >= 15 is 0 Å². The Hall–Kier alpha value is -2.29. The van der Waals surface area contributed by atoms with Crippen molar-refractivity contribution in [3.8, 4) is 22.6 Å². The van der Waals surface area contributed by atoms with Gasteiger partial charge < -0.3 is 9.47 Å². The first kappa shape index (κ1) is 12.5. The lowest BCUT2D eigenvalue weighted by Crippen LogP contribution is -2.22. The zero-order chi connectivity index (χ0) is 14.6. The van der Waals surface area contributed by atoms with Crippen LogP contribution >= 0.6 is 0 Å². The molecule has 106 valence electrons. The minimum atomic E-state index is 0.00167. The second-order valence-electron chi connectivity index (χ2n) is 6.12. The monoisotopic (exact) mass is 279 g/mol. The highest BCUT2D eigenvalue weighted by Gasteiger charge is 2.32. The van der Waals surface area contributed by atoms with Gasteiger partial charge in [-0.3, -0.25) is 4.99 Å². The minimum Gasteiger partial charge on any atom is -0.454 e. The van der Waals surface area contributed by atoms with Gasteiger partial charge in [0.05, 0.1) is 5.69 Å². The number of aliphatic imine (C=N–C) groups is 1. The summed E-state index contributed by atoms with van der Waals surface area (Å²) in [6, 6.07) is 12.6. The summed E-state index contributed by atoms with van der Waals surface area (Å²) in [6.07, 6.45) is 0. The molecular formula is C18H17NO2. The molecule has 0 fully saturated rings. The van der Waals surface area contributed by atoms with Crippen LogP contribution in [0, 0.1) is 0 Å². The fraction of sp³-hybridized carbons (Fsp3) is 0.278. The fourth-order valence-corrected chi connectivity index (χ4v) is 2.91. The third-order valence-corrected chi connectivity index (χ3v) is 4.57. The van der Waals surface area contributed by atoms with Crippen molar-refractivity contribution in [2.24, 2.45) is 4.99 Å². The Morgan fingerprint density at radius 3 is 2.52 bits per heavy atom. The van der Waals surface area contributed by atoms with Crippen LogP contribution in [-0.4, -0.2) is 12.5 Å². The molecule has 2 aromatic rings. The minimum absolute atomic E-state index is 0.00167. The lowest BCUT2D eigenvalue weighted by atomic mass is 9.81. The number of fused-ring (bicyclic) bond motifs is 2. The Kier molecular flexibility index (Phi) is 2.43. The van der Waals surface area contributed by atoms with Gasteiger partial charge in [-0.05, 0) is 47.9 Å². The molecule has 2 heterocycles.